The lowest BCUT2D eigenvalue weighted by Gasteiger charge is -2.22. The van der Waals surface area contributed by atoms with E-state index in [-0.39, 0.29) is 17.5 Å². The summed E-state index contributed by atoms with van der Waals surface area (Å²) in [6, 6.07) is 0. The third-order valence-electron chi connectivity index (χ3n) is 2.85. The van der Waals surface area contributed by atoms with Crippen molar-refractivity contribution in [1.82, 2.24) is 14.8 Å². The van der Waals surface area contributed by atoms with E-state index in [0.717, 1.165) is 0 Å². The Morgan fingerprint density at radius 2 is 2.25 bits per heavy atom. The molecule has 1 aliphatic rings. The molecular weight excluding hydrogens is 230 g/mol. The summed E-state index contributed by atoms with van der Waals surface area (Å²) in [7, 11) is -1.29. The lowest BCUT2D eigenvalue weighted by molar-refractivity contribution is 0.334. The molecule has 1 unspecified atom stereocenters. The first kappa shape index (κ1) is 11.2. The van der Waals surface area contributed by atoms with Gasteiger partial charge < -0.3 is 11.1 Å². The topological polar surface area (TPSA) is 103 Å². The summed E-state index contributed by atoms with van der Waals surface area (Å²) < 4.78 is 24.5. The van der Waals surface area contributed by atoms with Gasteiger partial charge in [0.2, 0.25) is 11.9 Å². The molecule has 0 aromatic carbocycles. The number of anilines is 2. The highest BCUT2D eigenvalue weighted by Gasteiger charge is 2.42. The predicted octanol–water partition coefficient (Wildman–Crippen LogP) is -0.564. The maximum atomic E-state index is 11.5. The molecule has 0 radical (unpaired) electrons. The van der Waals surface area contributed by atoms with E-state index in [1.165, 1.54) is 4.68 Å². The molecule has 7 nitrogen and oxygen atoms in total. The summed E-state index contributed by atoms with van der Waals surface area (Å²) in [6.45, 7) is 1.84. The summed E-state index contributed by atoms with van der Waals surface area (Å²) in [4.78, 5) is 3.99. The zero-order valence-electron chi connectivity index (χ0n) is 9.27. The molecule has 1 saturated heterocycles. The lowest BCUT2D eigenvalue weighted by atomic mass is 10.0. The number of aromatic nitrogens is 3. The number of nitrogens with one attached hydrogen (secondary N) is 1. The maximum Gasteiger partial charge on any atom is 0.243 e. The molecule has 0 saturated carbocycles. The molecule has 1 atom stereocenters. The van der Waals surface area contributed by atoms with Crippen LogP contribution in [0.1, 0.15) is 13.3 Å². The standard InChI is InChI=1S/C8H15N5O2S/c1-8(3-4-16(14,15)5-8)13-6(9)11-7(10-2)12-13/h3-5H2,1-2H3,(H3,9,10,11,12). The zero-order valence-corrected chi connectivity index (χ0v) is 10.1. The van der Waals surface area contributed by atoms with Crippen LogP contribution in [0.3, 0.4) is 0 Å². The maximum absolute atomic E-state index is 11.5. The molecule has 90 valence electrons. The molecule has 1 aliphatic heterocycles. The van der Waals surface area contributed by atoms with Gasteiger partial charge in [-0.15, -0.1) is 5.10 Å². The minimum absolute atomic E-state index is 0.0662. The van der Waals surface area contributed by atoms with E-state index in [1.54, 1.807) is 7.05 Å². The van der Waals surface area contributed by atoms with Crippen LogP contribution in [0, 0.1) is 0 Å². The second-order valence-corrected chi connectivity index (χ2v) is 6.48. The van der Waals surface area contributed by atoms with Crippen LogP contribution in [-0.2, 0) is 15.4 Å². The fourth-order valence-electron chi connectivity index (χ4n) is 1.99. The first-order chi connectivity index (χ1) is 7.36. The van der Waals surface area contributed by atoms with Crippen LogP contribution in [0.15, 0.2) is 0 Å². The quantitative estimate of drug-likeness (QED) is 0.723. The van der Waals surface area contributed by atoms with E-state index in [2.05, 4.69) is 15.4 Å². The van der Waals surface area contributed by atoms with Crippen LogP contribution in [0.25, 0.3) is 0 Å². The lowest BCUT2D eigenvalue weighted by Crippen LogP contribution is -2.33. The monoisotopic (exact) mass is 245 g/mol. The van der Waals surface area contributed by atoms with Crippen molar-refractivity contribution in [1.29, 1.82) is 0 Å². The number of nitrogen functional groups attached to an aromatic ring is 1. The van der Waals surface area contributed by atoms with Crippen molar-refractivity contribution in [2.24, 2.45) is 0 Å². The first-order valence-electron chi connectivity index (χ1n) is 4.97. The number of hydrogen-bond acceptors (Lipinski definition) is 6. The molecule has 1 fully saturated rings. The Kier molecular flexibility index (Phi) is 2.33. The number of hydrogen-bond donors (Lipinski definition) is 2. The fraction of sp³-hybridized carbons (Fsp3) is 0.750. The van der Waals surface area contributed by atoms with Gasteiger partial charge in [-0.25, -0.2) is 13.1 Å². The van der Waals surface area contributed by atoms with Crippen LogP contribution >= 0.6 is 0 Å². The van der Waals surface area contributed by atoms with Gasteiger partial charge in [-0.05, 0) is 13.3 Å². The van der Waals surface area contributed by atoms with Gasteiger partial charge in [0.25, 0.3) is 0 Å². The highest BCUT2D eigenvalue weighted by atomic mass is 32.2. The van der Waals surface area contributed by atoms with Crippen LogP contribution < -0.4 is 11.1 Å². The first-order valence-corrected chi connectivity index (χ1v) is 6.80. The Morgan fingerprint density at radius 1 is 1.56 bits per heavy atom. The molecule has 0 aliphatic carbocycles. The van der Waals surface area contributed by atoms with Gasteiger partial charge in [0.05, 0.1) is 17.0 Å². The van der Waals surface area contributed by atoms with Gasteiger partial charge in [0, 0.05) is 7.05 Å². The van der Waals surface area contributed by atoms with Crippen LogP contribution in [0.5, 0.6) is 0 Å². The van der Waals surface area contributed by atoms with E-state index in [9.17, 15) is 8.42 Å². The van der Waals surface area contributed by atoms with Gasteiger partial charge in [-0.2, -0.15) is 4.98 Å². The van der Waals surface area contributed by atoms with Gasteiger partial charge in [-0.3, -0.25) is 0 Å². The molecule has 0 bridgehead atoms. The van der Waals surface area contributed by atoms with Crippen LogP contribution in [0.4, 0.5) is 11.9 Å². The zero-order chi connectivity index (χ0) is 12.0. The fourth-order valence-corrected chi connectivity index (χ4v) is 4.10. The van der Waals surface area contributed by atoms with Gasteiger partial charge in [-0.1, -0.05) is 0 Å². The Hall–Kier alpha value is -1.31. The predicted molar refractivity (Wildman–Crippen MR) is 60.9 cm³/mol. The Bertz CT molecular complexity index is 508. The summed E-state index contributed by atoms with van der Waals surface area (Å²) in [5, 5.41) is 6.93. The smallest absolute Gasteiger partial charge is 0.243 e. The summed E-state index contributed by atoms with van der Waals surface area (Å²) in [6.07, 6.45) is 0.520. The average molecular weight is 245 g/mol. The van der Waals surface area contributed by atoms with E-state index in [1.807, 2.05) is 6.92 Å². The third-order valence-corrected chi connectivity index (χ3v) is 4.74. The molecule has 2 heterocycles. The number of rotatable bonds is 2. The molecule has 16 heavy (non-hydrogen) atoms. The highest BCUT2D eigenvalue weighted by Crippen LogP contribution is 2.31. The normalized spacial score (nSPS) is 28.1. The van der Waals surface area contributed by atoms with Crippen molar-refractivity contribution in [2.45, 2.75) is 18.9 Å². The molecule has 1 aromatic rings. The van der Waals surface area contributed by atoms with Crippen LogP contribution in [-0.4, -0.2) is 41.7 Å². The van der Waals surface area contributed by atoms with Gasteiger partial charge in [0.1, 0.15) is 0 Å². The van der Waals surface area contributed by atoms with Crippen LogP contribution in [0.2, 0.25) is 0 Å². The summed E-state index contributed by atoms with van der Waals surface area (Å²) in [5.74, 6) is 0.890. The largest absolute Gasteiger partial charge is 0.368 e. The van der Waals surface area contributed by atoms with Crippen molar-refractivity contribution in [3.8, 4) is 0 Å². The van der Waals surface area contributed by atoms with E-state index < -0.39 is 15.4 Å². The molecule has 0 spiro atoms. The van der Waals surface area contributed by atoms with E-state index >= 15 is 0 Å². The van der Waals surface area contributed by atoms with Crippen molar-refractivity contribution < 1.29 is 8.42 Å². The Morgan fingerprint density at radius 3 is 2.69 bits per heavy atom. The number of nitrogens with two attached hydrogens (primary N) is 1. The molecular formula is C8H15N5O2S. The van der Waals surface area contributed by atoms with Crippen molar-refractivity contribution in [2.75, 3.05) is 29.6 Å². The van der Waals surface area contributed by atoms with Crippen molar-refractivity contribution in [3.63, 3.8) is 0 Å². The number of sulfone groups is 1. The average Bonchev–Trinajstić information content (AvgIpc) is 2.68. The highest BCUT2D eigenvalue weighted by molar-refractivity contribution is 7.91. The summed E-state index contributed by atoms with van der Waals surface area (Å²) in [5.41, 5.74) is 5.15. The Balaban J connectivity index is 2.40. The van der Waals surface area contributed by atoms with Crippen molar-refractivity contribution >= 4 is 21.7 Å². The molecule has 2 rings (SSSR count). The van der Waals surface area contributed by atoms with Gasteiger partial charge >= 0.3 is 0 Å². The molecule has 1 aromatic heterocycles. The second kappa shape index (κ2) is 3.34. The molecule has 3 N–H and O–H groups in total. The molecule has 8 heteroatoms. The minimum Gasteiger partial charge on any atom is -0.368 e. The Labute approximate surface area is 94.0 Å². The van der Waals surface area contributed by atoms with E-state index in [0.29, 0.717) is 12.4 Å². The SMILES string of the molecule is CNc1nc(N)n(C2(C)CCS(=O)(=O)C2)n1. The summed E-state index contributed by atoms with van der Waals surface area (Å²) >= 11 is 0. The van der Waals surface area contributed by atoms with E-state index in [4.69, 9.17) is 5.73 Å². The van der Waals surface area contributed by atoms with Gasteiger partial charge in [0.15, 0.2) is 9.84 Å². The minimum atomic E-state index is -2.98. The number of nitrogens with zero attached hydrogens (tertiary/aromatic N) is 3. The van der Waals surface area contributed by atoms with Crippen molar-refractivity contribution in [3.05, 3.63) is 0 Å². The second-order valence-electron chi connectivity index (χ2n) is 4.29. The third kappa shape index (κ3) is 1.73. The molecule has 0 amide bonds.